The summed E-state index contributed by atoms with van der Waals surface area (Å²) in [6.07, 6.45) is 0.962. The van der Waals surface area contributed by atoms with Gasteiger partial charge < -0.3 is 10.6 Å². The Hall–Kier alpha value is -2.05. The first-order chi connectivity index (χ1) is 7.43. The van der Waals surface area contributed by atoms with Crippen molar-refractivity contribution in [3.63, 3.8) is 0 Å². The Morgan fingerprint density at radius 3 is 2.69 bits per heavy atom. The van der Waals surface area contributed by atoms with Crippen LogP contribution >= 0.6 is 0 Å². The topological polar surface area (TPSA) is 76.3 Å². The van der Waals surface area contributed by atoms with Crippen LogP contribution in [0.2, 0.25) is 0 Å². The number of nitrogens with two attached hydrogens (primary N) is 1. The van der Waals surface area contributed by atoms with Crippen molar-refractivity contribution in [1.29, 1.82) is 0 Å². The second-order valence-corrected chi connectivity index (χ2v) is 3.09. The number of hydrogen-bond donors (Lipinski definition) is 1. The van der Waals surface area contributed by atoms with E-state index >= 15 is 0 Å². The van der Waals surface area contributed by atoms with E-state index in [1.807, 2.05) is 0 Å². The molecule has 0 atom stereocenters. The van der Waals surface area contributed by atoms with Crippen molar-refractivity contribution in [2.75, 3.05) is 13.6 Å². The third kappa shape index (κ3) is 2.50. The summed E-state index contributed by atoms with van der Waals surface area (Å²) in [6, 6.07) is 1.03. The number of likely N-dealkylation sites (N-methyl/N-ethyl adjacent to an activating group) is 1. The van der Waals surface area contributed by atoms with Crippen molar-refractivity contribution < 1.29 is 18.4 Å². The van der Waals surface area contributed by atoms with Crippen molar-refractivity contribution >= 4 is 11.8 Å². The lowest BCUT2D eigenvalue weighted by atomic mass is 10.2. The summed E-state index contributed by atoms with van der Waals surface area (Å²) in [5, 5.41) is 0. The van der Waals surface area contributed by atoms with Crippen LogP contribution < -0.4 is 5.73 Å². The zero-order chi connectivity index (χ0) is 12.3. The number of pyridine rings is 1. The molecule has 0 aromatic carbocycles. The SMILES string of the molecule is CN(CC(N)=O)C(=O)c1ccnc(F)c1F. The molecular weight excluding hydrogens is 220 g/mol. The Labute approximate surface area is 89.9 Å². The predicted octanol–water partition coefficient (Wildman–Crippen LogP) is -0.0829. The van der Waals surface area contributed by atoms with Crippen molar-refractivity contribution in [3.8, 4) is 0 Å². The Morgan fingerprint density at radius 2 is 2.12 bits per heavy atom. The summed E-state index contributed by atoms with van der Waals surface area (Å²) in [6.45, 7) is -0.373. The van der Waals surface area contributed by atoms with Gasteiger partial charge in [0.25, 0.3) is 5.91 Å². The van der Waals surface area contributed by atoms with Crippen LogP contribution in [0.5, 0.6) is 0 Å². The summed E-state index contributed by atoms with van der Waals surface area (Å²) < 4.78 is 25.9. The molecule has 0 radical (unpaired) electrons. The molecule has 1 aromatic heterocycles. The van der Waals surface area contributed by atoms with Gasteiger partial charge in [0, 0.05) is 13.2 Å². The fourth-order valence-electron chi connectivity index (χ4n) is 1.09. The van der Waals surface area contributed by atoms with Crippen LogP contribution in [0.15, 0.2) is 12.3 Å². The van der Waals surface area contributed by atoms with Gasteiger partial charge in [-0.2, -0.15) is 4.39 Å². The maximum absolute atomic E-state index is 13.1. The molecule has 16 heavy (non-hydrogen) atoms. The molecule has 86 valence electrons. The van der Waals surface area contributed by atoms with Crippen LogP contribution in [-0.2, 0) is 4.79 Å². The summed E-state index contributed by atoms with van der Waals surface area (Å²) in [5.74, 6) is -4.29. The molecule has 7 heteroatoms. The number of aromatic nitrogens is 1. The number of carbonyl (C=O) groups is 2. The van der Waals surface area contributed by atoms with Crippen LogP contribution in [0, 0.1) is 11.8 Å². The van der Waals surface area contributed by atoms with E-state index in [9.17, 15) is 18.4 Å². The lowest BCUT2D eigenvalue weighted by Gasteiger charge is -2.15. The van der Waals surface area contributed by atoms with Crippen molar-refractivity contribution in [2.45, 2.75) is 0 Å². The normalized spacial score (nSPS) is 9.94. The van der Waals surface area contributed by atoms with Crippen LogP contribution in [0.4, 0.5) is 8.78 Å². The number of hydrogen-bond acceptors (Lipinski definition) is 3. The predicted molar refractivity (Wildman–Crippen MR) is 50.3 cm³/mol. The second kappa shape index (κ2) is 4.65. The van der Waals surface area contributed by atoms with Crippen LogP contribution in [0.25, 0.3) is 0 Å². The maximum Gasteiger partial charge on any atom is 0.257 e. The lowest BCUT2D eigenvalue weighted by molar-refractivity contribution is -0.118. The van der Waals surface area contributed by atoms with Gasteiger partial charge >= 0.3 is 0 Å². The Bertz CT molecular complexity index is 437. The average Bonchev–Trinajstić information content (AvgIpc) is 2.20. The van der Waals surface area contributed by atoms with E-state index in [4.69, 9.17) is 5.73 Å². The molecule has 0 aliphatic carbocycles. The first-order valence-electron chi connectivity index (χ1n) is 4.27. The summed E-state index contributed by atoms with van der Waals surface area (Å²) in [5.41, 5.74) is 4.37. The average molecular weight is 229 g/mol. The number of nitrogens with zero attached hydrogens (tertiary/aromatic N) is 2. The molecule has 0 aliphatic heterocycles. The van der Waals surface area contributed by atoms with Gasteiger partial charge in [-0.15, -0.1) is 0 Å². The van der Waals surface area contributed by atoms with Gasteiger partial charge in [-0.3, -0.25) is 9.59 Å². The third-order valence-electron chi connectivity index (χ3n) is 1.82. The zero-order valence-electron chi connectivity index (χ0n) is 8.41. The van der Waals surface area contributed by atoms with E-state index < -0.39 is 29.1 Å². The molecule has 5 nitrogen and oxygen atoms in total. The Morgan fingerprint density at radius 1 is 1.50 bits per heavy atom. The monoisotopic (exact) mass is 229 g/mol. The molecular formula is C9H9F2N3O2. The van der Waals surface area contributed by atoms with Gasteiger partial charge in [0.15, 0.2) is 5.82 Å². The van der Waals surface area contributed by atoms with E-state index in [0.29, 0.717) is 0 Å². The number of rotatable bonds is 3. The third-order valence-corrected chi connectivity index (χ3v) is 1.82. The highest BCUT2D eigenvalue weighted by Crippen LogP contribution is 2.10. The molecule has 1 aromatic rings. The molecule has 0 saturated heterocycles. The van der Waals surface area contributed by atoms with Gasteiger partial charge in [-0.05, 0) is 6.07 Å². The molecule has 2 amide bonds. The summed E-state index contributed by atoms with van der Waals surface area (Å²) in [7, 11) is 1.25. The highest BCUT2D eigenvalue weighted by molar-refractivity contribution is 5.96. The van der Waals surface area contributed by atoms with Gasteiger partial charge in [0.05, 0.1) is 12.1 Å². The number of primary amides is 1. The number of halogens is 2. The number of amides is 2. The fraction of sp³-hybridized carbons (Fsp3) is 0.222. The minimum Gasteiger partial charge on any atom is -0.368 e. The Balaban J connectivity index is 2.96. The largest absolute Gasteiger partial charge is 0.368 e. The molecule has 1 heterocycles. The van der Waals surface area contributed by atoms with Gasteiger partial charge in [0.1, 0.15) is 0 Å². The zero-order valence-corrected chi connectivity index (χ0v) is 8.41. The molecule has 2 N–H and O–H groups in total. The standard InChI is InChI=1S/C9H9F2N3O2/c1-14(4-6(12)15)9(16)5-2-3-13-8(11)7(5)10/h2-3H,4H2,1H3,(H2,12,15). The van der Waals surface area contributed by atoms with Gasteiger partial charge in [0.2, 0.25) is 11.9 Å². The molecule has 0 bridgehead atoms. The van der Waals surface area contributed by atoms with E-state index in [0.717, 1.165) is 17.2 Å². The summed E-state index contributed by atoms with van der Waals surface area (Å²) in [4.78, 5) is 26.0. The first-order valence-corrected chi connectivity index (χ1v) is 4.27. The minimum absolute atomic E-state index is 0.373. The van der Waals surface area contributed by atoms with Crippen molar-refractivity contribution in [1.82, 2.24) is 9.88 Å². The van der Waals surface area contributed by atoms with Crippen LogP contribution in [0.1, 0.15) is 10.4 Å². The van der Waals surface area contributed by atoms with Crippen LogP contribution in [0.3, 0.4) is 0 Å². The quantitative estimate of drug-likeness (QED) is 0.736. The molecule has 0 fully saturated rings. The first kappa shape index (κ1) is 12.0. The van der Waals surface area contributed by atoms with Crippen LogP contribution in [-0.4, -0.2) is 35.3 Å². The van der Waals surface area contributed by atoms with Gasteiger partial charge in [-0.1, -0.05) is 0 Å². The smallest absolute Gasteiger partial charge is 0.257 e. The summed E-state index contributed by atoms with van der Waals surface area (Å²) >= 11 is 0. The van der Waals surface area contributed by atoms with E-state index in [2.05, 4.69) is 4.98 Å². The molecule has 0 saturated carbocycles. The van der Waals surface area contributed by atoms with Gasteiger partial charge in [-0.25, -0.2) is 9.37 Å². The molecule has 1 rings (SSSR count). The fourth-order valence-corrected chi connectivity index (χ4v) is 1.09. The highest BCUT2D eigenvalue weighted by atomic mass is 19.2. The Kier molecular flexibility index (Phi) is 3.49. The lowest BCUT2D eigenvalue weighted by Crippen LogP contribution is -2.35. The second-order valence-electron chi connectivity index (χ2n) is 3.09. The number of carbonyl (C=O) groups excluding carboxylic acids is 2. The molecule has 0 aliphatic rings. The van der Waals surface area contributed by atoms with E-state index in [1.54, 1.807) is 0 Å². The maximum atomic E-state index is 13.1. The van der Waals surface area contributed by atoms with Crippen molar-refractivity contribution in [2.24, 2.45) is 5.73 Å². The van der Waals surface area contributed by atoms with E-state index in [1.165, 1.54) is 7.05 Å². The minimum atomic E-state index is -1.36. The van der Waals surface area contributed by atoms with Crippen molar-refractivity contribution in [3.05, 3.63) is 29.6 Å². The molecule has 0 unspecified atom stereocenters. The van der Waals surface area contributed by atoms with E-state index in [-0.39, 0.29) is 6.54 Å². The highest BCUT2D eigenvalue weighted by Gasteiger charge is 2.20. The molecule has 0 spiro atoms.